The van der Waals surface area contributed by atoms with Crippen LogP contribution in [-0.2, 0) is 28.6 Å². The van der Waals surface area contributed by atoms with Crippen LogP contribution in [0.4, 0.5) is 0 Å². The molecule has 0 aromatic rings. The van der Waals surface area contributed by atoms with Crippen molar-refractivity contribution in [3.8, 4) is 0 Å². The Hall–Kier alpha value is -4.19. The standard InChI is InChI=1S/C63H102O6/c1-4-7-10-13-16-19-22-25-28-30-31-33-35-38-41-44-47-50-53-56-62(65)68-59-60(58-67-61(64)55-52-49-46-43-40-37-34-27-24-21-18-15-12-9-6-3)69-63(66)57-54-51-48-45-42-39-36-32-29-26-23-20-17-14-11-8-5-2/h8,11,16-17,19-21,24-26,28-29,31,33,36,38-39,41,45,48,60H,4-7,9-10,12-15,18,22-23,27,30,32,34-35,37,40,42-44,46-47,49-59H2,1-3H3/b11-8-,19-16-,20-17-,24-21-,28-25-,29-26-,33-31-,39-36-,41-38-,48-45-/t60-/m0/s1. The van der Waals surface area contributed by atoms with Gasteiger partial charge in [0.15, 0.2) is 6.10 Å². The number of hydrogen-bond donors (Lipinski definition) is 0. The fourth-order valence-electron chi connectivity index (χ4n) is 7.22. The van der Waals surface area contributed by atoms with Crippen molar-refractivity contribution in [2.45, 2.75) is 245 Å². The number of unbranched alkanes of at least 4 members (excludes halogenated alkanes) is 18. The fourth-order valence-corrected chi connectivity index (χ4v) is 7.22. The van der Waals surface area contributed by atoms with Crippen LogP contribution in [0, 0.1) is 0 Å². The highest BCUT2D eigenvalue weighted by Gasteiger charge is 2.19. The molecular weight excluding hydrogens is 853 g/mol. The Labute approximate surface area is 424 Å². The molecule has 0 heterocycles. The van der Waals surface area contributed by atoms with E-state index in [0.717, 1.165) is 103 Å². The van der Waals surface area contributed by atoms with Gasteiger partial charge in [-0.15, -0.1) is 0 Å². The van der Waals surface area contributed by atoms with Crippen LogP contribution in [0.5, 0.6) is 0 Å². The van der Waals surface area contributed by atoms with Gasteiger partial charge in [-0.1, -0.05) is 213 Å². The molecule has 0 aliphatic rings. The minimum Gasteiger partial charge on any atom is -0.462 e. The second-order valence-electron chi connectivity index (χ2n) is 18.1. The van der Waals surface area contributed by atoms with Gasteiger partial charge in [0.2, 0.25) is 0 Å². The molecule has 0 unspecified atom stereocenters. The van der Waals surface area contributed by atoms with E-state index in [1.54, 1.807) is 0 Å². The maximum absolute atomic E-state index is 12.8. The Kier molecular flexibility index (Phi) is 53.0. The van der Waals surface area contributed by atoms with Gasteiger partial charge < -0.3 is 14.2 Å². The molecule has 0 saturated carbocycles. The van der Waals surface area contributed by atoms with Crippen molar-refractivity contribution in [3.05, 3.63) is 122 Å². The summed E-state index contributed by atoms with van der Waals surface area (Å²) in [4.78, 5) is 38.1. The van der Waals surface area contributed by atoms with Gasteiger partial charge in [-0.3, -0.25) is 14.4 Å². The summed E-state index contributed by atoms with van der Waals surface area (Å²) in [5, 5.41) is 0. The highest BCUT2D eigenvalue weighted by Crippen LogP contribution is 2.13. The second-order valence-corrected chi connectivity index (χ2v) is 18.1. The average molecular weight is 956 g/mol. The van der Waals surface area contributed by atoms with E-state index >= 15 is 0 Å². The van der Waals surface area contributed by atoms with Gasteiger partial charge in [-0.2, -0.15) is 0 Å². The van der Waals surface area contributed by atoms with E-state index < -0.39 is 6.10 Å². The normalized spacial score (nSPS) is 13.0. The summed E-state index contributed by atoms with van der Waals surface area (Å²) >= 11 is 0. The van der Waals surface area contributed by atoms with Gasteiger partial charge in [-0.25, -0.2) is 0 Å². The summed E-state index contributed by atoms with van der Waals surface area (Å²) in [7, 11) is 0. The van der Waals surface area contributed by atoms with Crippen molar-refractivity contribution in [1.82, 2.24) is 0 Å². The number of rotatable bonds is 49. The minimum atomic E-state index is -0.826. The third-order valence-corrected chi connectivity index (χ3v) is 11.4. The second kappa shape index (κ2) is 56.4. The number of esters is 3. The summed E-state index contributed by atoms with van der Waals surface area (Å²) in [6.07, 6.45) is 77.6. The van der Waals surface area contributed by atoms with E-state index in [0.29, 0.717) is 19.3 Å². The molecule has 6 heteroatoms. The Morgan fingerprint density at radius 3 is 0.986 bits per heavy atom. The van der Waals surface area contributed by atoms with Gasteiger partial charge in [-0.05, 0) is 128 Å². The molecule has 0 fully saturated rings. The molecule has 0 amide bonds. The van der Waals surface area contributed by atoms with Gasteiger partial charge in [0.05, 0.1) is 0 Å². The summed E-state index contributed by atoms with van der Waals surface area (Å²) < 4.78 is 16.8. The Bertz CT molecular complexity index is 1470. The van der Waals surface area contributed by atoms with Gasteiger partial charge in [0.1, 0.15) is 13.2 Å². The fraction of sp³-hybridized carbons (Fsp3) is 0.635. The lowest BCUT2D eigenvalue weighted by Crippen LogP contribution is -2.30. The van der Waals surface area contributed by atoms with Crippen LogP contribution in [0.1, 0.15) is 239 Å². The van der Waals surface area contributed by atoms with E-state index in [1.165, 1.54) is 89.9 Å². The molecule has 0 bridgehead atoms. The molecule has 390 valence electrons. The van der Waals surface area contributed by atoms with Crippen molar-refractivity contribution in [3.63, 3.8) is 0 Å². The van der Waals surface area contributed by atoms with Crippen LogP contribution in [0.15, 0.2) is 122 Å². The molecule has 0 aliphatic carbocycles. The zero-order valence-corrected chi connectivity index (χ0v) is 44.5. The molecule has 69 heavy (non-hydrogen) atoms. The number of allylic oxidation sites excluding steroid dienone is 20. The van der Waals surface area contributed by atoms with E-state index in [9.17, 15) is 14.4 Å². The lowest BCUT2D eigenvalue weighted by Gasteiger charge is -2.18. The first-order valence-corrected chi connectivity index (χ1v) is 28.0. The zero-order valence-electron chi connectivity index (χ0n) is 44.5. The first kappa shape index (κ1) is 64.8. The van der Waals surface area contributed by atoms with E-state index in [4.69, 9.17) is 14.2 Å². The highest BCUT2D eigenvalue weighted by atomic mass is 16.6. The molecule has 6 nitrogen and oxygen atoms in total. The highest BCUT2D eigenvalue weighted by molar-refractivity contribution is 5.71. The number of hydrogen-bond acceptors (Lipinski definition) is 6. The Morgan fingerprint density at radius 2 is 0.580 bits per heavy atom. The lowest BCUT2D eigenvalue weighted by molar-refractivity contribution is -0.167. The van der Waals surface area contributed by atoms with Crippen LogP contribution in [0.3, 0.4) is 0 Å². The minimum absolute atomic E-state index is 0.116. The molecule has 1 atom stereocenters. The SMILES string of the molecule is CC/C=C\C/C=C\C/C=C\C/C=C\C/C=C\CCCC(=O)O[C@H](COC(=O)CCCCC/C=C\C/C=C\C/C=C\C/C=C\CCCCC)COC(=O)CCCCCCCCC/C=C\CCCCCC. The molecular formula is C63H102O6. The van der Waals surface area contributed by atoms with Crippen molar-refractivity contribution in [2.75, 3.05) is 13.2 Å². The third kappa shape index (κ3) is 54.6. The molecule has 0 rings (SSSR count). The molecule has 0 N–H and O–H groups in total. The molecule has 0 aliphatic heterocycles. The molecule has 0 saturated heterocycles. The Balaban J connectivity index is 4.56. The third-order valence-electron chi connectivity index (χ3n) is 11.4. The molecule has 0 spiro atoms. The summed E-state index contributed by atoms with van der Waals surface area (Å²) in [5.41, 5.74) is 0. The van der Waals surface area contributed by atoms with Crippen LogP contribution in [-0.4, -0.2) is 37.2 Å². The summed E-state index contributed by atoms with van der Waals surface area (Å²) in [6, 6.07) is 0. The van der Waals surface area contributed by atoms with Gasteiger partial charge in [0.25, 0.3) is 0 Å². The van der Waals surface area contributed by atoms with Gasteiger partial charge in [0, 0.05) is 19.3 Å². The number of carbonyl (C=O) groups excluding carboxylic acids is 3. The quantitative estimate of drug-likeness (QED) is 0.0262. The largest absolute Gasteiger partial charge is 0.462 e. The maximum atomic E-state index is 12.8. The molecule has 0 radical (unpaired) electrons. The van der Waals surface area contributed by atoms with Crippen molar-refractivity contribution in [2.24, 2.45) is 0 Å². The predicted octanol–water partition coefficient (Wildman–Crippen LogP) is 18.9. The smallest absolute Gasteiger partial charge is 0.306 e. The zero-order chi connectivity index (χ0) is 50.0. The van der Waals surface area contributed by atoms with E-state index in [1.807, 2.05) is 0 Å². The maximum Gasteiger partial charge on any atom is 0.306 e. The predicted molar refractivity (Wildman–Crippen MR) is 297 cm³/mol. The summed E-state index contributed by atoms with van der Waals surface area (Å²) in [5.74, 6) is -1.01. The monoisotopic (exact) mass is 955 g/mol. The Morgan fingerprint density at radius 1 is 0.304 bits per heavy atom. The topological polar surface area (TPSA) is 78.9 Å². The average Bonchev–Trinajstić information content (AvgIpc) is 3.35. The van der Waals surface area contributed by atoms with Gasteiger partial charge >= 0.3 is 17.9 Å². The van der Waals surface area contributed by atoms with E-state index in [-0.39, 0.29) is 37.5 Å². The first-order valence-electron chi connectivity index (χ1n) is 28.0. The molecule has 0 aromatic carbocycles. The van der Waals surface area contributed by atoms with Crippen LogP contribution in [0.25, 0.3) is 0 Å². The summed E-state index contributed by atoms with van der Waals surface area (Å²) in [6.45, 7) is 6.40. The van der Waals surface area contributed by atoms with Crippen molar-refractivity contribution in [1.29, 1.82) is 0 Å². The van der Waals surface area contributed by atoms with Crippen LogP contribution < -0.4 is 0 Å². The van der Waals surface area contributed by atoms with Crippen LogP contribution >= 0.6 is 0 Å². The van der Waals surface area contributed by atoms with Crippen LogP contribution in [0.2, 0.25) is 0 Å². The van der Waals surface area contributed by atoms with E-state index in [2.05, 4.69) is 142 Å². The van der Waals surface area contributed by atoms with Crippen molar-refractivity contribution < 1.29 is 28.6 Å². The number of ether oxygens (including phenoxy) is 3. The lowest BCUT2D eigenvalue weighted by atomic mass is 10.1. The molecule has 0 aromatic heterocycles. The van der Waals surface area contributed by atoms with Crippen molar-refractivity contribution >= 4 is 17.9 Å². The first-order chi connectivity index (χ1) is 34.0. The number of carbonyl (C=O) groups is 3.